The Kier molecular flexibility index (Phi) is 13.9. The Labute approximate surface area is 91.9 Å². The van der Waals surface area contributed by atoms with Crippen molar-refractivity contribution in [2.24, 2.45) is 0 Å². The molecule has 0 aromatic rings. The fourth-order valence-electron chi connectivity index (χ4n) is 0. The maximum atomic E-state index is 8.88. The zero-order chi connectivity index (χ0) is 4.50. The van der Waals surface area contributed by atoms with Crippen molar-refractivity contribution >= 4 is 74.4 Å². The van der Waals surface area contributed by atoms with E-state index >= 15 is 0 Å². The van der Waals surface area contributed by atoms with Crippen molar-refractivity contribution in [2.45, 2.75) is 0 Å². The first kappa shape index (κ1) is 16.0. The quantitative estimate of drug-likeness (QED) is 0.318. The average Bonchev–Trinajstić information content (AvgIpc) is 0.722. The predicted octanol–water partition coefficient (Wildman–Crippen LogP) is -1.69. The van der Waals surface area contributed by atoms with E-state index in [9.17, 15) is 0 Å². The Morgan fingerprint density at radius 2 is 1.14 bits per heavy atom. The molecule has 3 N–H and O–H groups in total. The molecule has 36 valence electrons. The zero-order valence-electron chi connectivity index (χ0n) is 3.77. The molecule has 0 amide bonds. The second-order valence-corrected chi connectivity index (χ2v) is 1.54. The molecule has 4 radical (unpaired) electrons. The van der Waals surface area contributed by atoms with E-state index in [2.05, 4.69) is 0 Å². The SMILES string of the molecule is O=P(O)(O)O.[B].[Rb]. The summed E-state index contributed by atoms with van der Waals surface area (Å²) < 4.78 is 8.88. The molecule has 0 aromatic heterocycles. The Morgan fingerprint density at radius 1 is 1.14 bits per heavy atom. The maximum absolute atomic E-state index is 8.88. The molecule has 0 aliphatic rings. The summed E-state index contributed by atoms with van der Waals surface area (Å²) in [5.74, 6) is 0. The zero-order valence-corrected chi connectivity index (χ0v) is 9.58. The van der Waals surface area contributed by atoms with E-state index in [0.717, 1.165) is 0 Å². The number of phosphoric acid groups is 1. The molecular weight excluding hydrogens is 191 g/mol. The van der Waals surface area contributed by atoms with Crippen LogP contribution in [0.25, 0.3) is 0 Å². The van der Waals surface area contributed by atoms with Crippen LogP contribution in [-0.4, -0.2) is 81.3 Å². The molecule has 0 spiro atoms. The molecule has 0 saturated heterocycles. The summed E-state index contributed by atoms with van der Waals surface area (Å²) >= 11 is 0. The van der Waals surface area contributed by atoms with Crippen LogP contribution in [0.3, 0.4) is 0 Å². The van der Waals surface area contributed by atoms with Gasteiger partial charge in [-0.15, -0.1) is 0 Å². The van der Waals surface area contributed by atoms with Crippen LogP contribution < -0.4 is 0 Å². The second-order valence-electron chi connectivity index (χ2n) is 0.513. The van der Waals surface area contributed by atoms with E-state index in [4.69, 9.17) is 19.2 Å². The summed E-state index contributed by atoms with van der Waals surface area (Å²) in [5.41, 5.74) is 0. The Morgan fingerprint density at radius 3 is 1.14 bits per heavy atom. The summed E-state index contributed by atoms with van der Waals surface area (Å²) in [6, 6.07) is 0. The third-order valence-electron chi connectivity index (χ3n) is 0. The van der Waals surface area contributed by atoms with Crippen LogP contribution in [0.5, 0.6) is 0 Å². The molecule has 0 heterocycles. The van der Waals surface area contributed by atoms with Crippen molar-refractivity contribution in [3.8, 4) is 0 Å². The summed E-state index contributed by atoms with van der Waals surface area (Å²) in [5, 5.41) is 0. The van der Waals surface area contributed by atoms with Crippen LogP contribution in [0.1, 0.15) is 0 Å². The molecule has 4 nitrogen and oxygen atoms in total. The second kappa shape index (κ2) is 6.11. The van der Waals surface area contributed by atoms with Gasteiger partial charge in [0.2, 0.25) is 0 Å². The summed E-state index contributed by atoms with van der Waals surface area (Å²) in [6.07, 6.45) is 0. The van der Waals surface area contributed by atoms with E-state index in [1.165, 1.54) is 0 Å². The van der Waals surface area contributed by atoms with Gasteiger partial charge in [-0.3, -0.25) is 0 Å². The summed E-state index contributed by atoms with van der Waals surface area (Å²) in [7, 11) is -4.64. The van der Waals surface area contributed by atoms with E-state index in [1.807, 2.05) is 0 Å². The molecule has 0 aromatic carbocycles. The maximum Gasteiger partial charge on any atom is 0.466 e. The molecule has 0 aliphatic carbocycles. The van der Waals surface area contributed by atoms with Gasteiger partial charge in [0.25, 0.3) is 0 Å². The largest absolute Gasteiger partial charge is 0.466 e. The van der Waals surface area contributed by atoms with E-state index in [1.54, 1.807) is 0 Å². The third-order valence-corrected chi connectivity index (χ3v) is 0. The van der Waals surface area contributed by atoms with Crippen LogP contribution in [0.15, 0.2) is 0 Å². The van der Waals surface area contributed by atoms with Gasteiger partial charge < -0.3 is 14.7 Å². The van der Waals surface area contributed by atoms with Gasteiger partial charge in [-0.25, -0.2) is 4.57 Å². The first-order chi connectivity index (χ1) is 2.00. The van der Waals surface area contributed by atoms with Gasteiger partial charge in [-0.2, -0.15) is 0 Å². The first-order valence-corrected chi connectivity index (χ1v) is 2.35. The minimum atomic E-state index is -4.64. The van der Waals surface area contributed by atoms with E-state index in [0.29, 0.717) is 0 Å². The van der Waals surface area contributed by atoms with Crippen molar-refractivity contribution in [3.63, 3.8) is 0 Å². The van der Waals surface area contributed by atoms with Crippen molar-refractivity contribution in [1.82, 2.24) is 0 Å². The fourth-order valence-corrected chi connectivity index (χ4v) is 0. The van der Waals surface area contributed by atoms with Gasteiger partial charge in [-0.1, -0.05) is 0 Å². The van der Waals surface area contributed by atoms with Crippen LogP contribution in [-0.2, 0) is 4.57 Å². The van der Waals surface area contributed by atoms with Gasteiger partial charge in [0.05, 0.1) is 0 Å². The minimum absolute atomic E-state index is 0. The van der Waals surface area contributed by atoms with Gasteiger partial charge in [-0.05, 0) is 0 Å². The predicted molar refractivity (Wildman–Crippen MR) is 25.8 cm³/mol. The van der Waals surface area contributed by atoms with Crippen molar-refractivity contribution in [2.75, 3.05) is 0 Å². The van der Waals surface area contributed by atoms with Crippen molar-refractivity contribution in [3.05, 3.63) is 0 Å². The Balaban J connectivity index is -0.0000000800. The van der Waals surface area contributed by atoms with Crippen LogP contribution in [0.2, 0.25) is 0 Å². The van der Waals surface area contributed by atoms with Crippen LogP contribution in [0, 0.1) is 0 Å². The van der Waals surface area contributed by atoms with E-state index < -0.39 is 7.82 Å². The third kappa shape index (κ3) is 72.8. The summed E-state index contributed by atoms with van der Waals surface area (Å²) in [4.78, 5) is 21.6. The van der Waals surface area contributed by atoms with E-state index in [-0.39, 0.29) is 66.6 Å². The first-order valence-electron chi connectivity index (χ1n) is 0.783. The smallest absolute Gasteiger partial charge is 0.303 e. The monoisotopic (exact) mass is 194 g/mol. The Bertz CT molecular complexity index is 57.8. The molecule has 0 aliphatic heterocycles. The van der Waals surface area contributed by atoms with Crippen LogP contribution in [0.4, 0.5) is 0 Å². The number of rotatable bonds is 0. The van der Waals surface area contributed by atoms with Crippen molar-refractivity contribution < 1.29 is 19.2 Å². The van der Waals surface area contributed by atoms with Gasteiger partial charge in [0, 0.05) is 66.6 Å². The topological polar surface area (TPSA) is 77.8 Å². The van der Waals surface area contributed by atoms with Gasteiger partial charge >= 0.3 is 7.82 Å². The summed E-state index contributed by atoms with van der Waals surface area (Å²) in [6.45, 7) is 0. The van der Waals surface area contributed by atoms with Gasteiger partial charge in [0.1, 0.15) is 0 Å². The molecule has 7 heavy (non-hydrogen) atoms. The van der Waals surface area contributed by atoms with Gasteiger partial charge in [0.15, 0.2) is 0 Å². The minimum Gasteiger partial charge on any atom is -0.303 e. The molecule has 0 rings (SSSR count). The normalized spacial score (nSPS) is 8.43. The average molecular weight is 194 g/mol. The molecule has 0 bridgehead atoms. The standard InChI is InChI=1S/B.H3O4P.Rb/c;1-5(2,3)4;/h;(H3,1,2,3,4);. The molecule has 0 fully saturated rings. The molecule has 0 saturated carbocycles. The van der Waals surface area contributed by atoms with Crippen molar-refractivity contribution in [1.29, 1.82) is 0 Å². The number of hydrogen-bond donors (Lipinski definition) is 3. The molecule has 0 atom stereocenters. The number of hydrogen-bond acceptors (Lipinski definition) is 1. The Hall–Kier alpha value is 1.98. The molecule has 7 heteroatoms. The molecule has 0 unspecified atom stereocenters. The van der Waals surface area contributed by atoms with Crippen LogP contribution >= 0.6 is 7.82 Å². The fraction of sp³-hybridized carbons (Fsp3) is 0. The molecular formula is H3BO4PRb.